The normalized spacial score (nSPS) is 17.8. The Morgan fingerprint density at radius 3 is 1.48 bits per heavy atom. The molecule has 0 unspecified atom stereocenters. The molecule has 244 valence electrons. The summed E-state index contributed by atoms with van der Waals surface area (Å²) in [6, 6.07) is 13.5. The highest BCUT2D eigenvalue weighted by molar-refractivity contribution is 5.93. The molecule has 0 radical (unpaired) electrons. The molecule has 18 heteroatoms. The number of carbonyl (C=O) groups excluding carboxylic acids is 4. The molecular formula is C28H24N3O15-3. The molecule has 1 heterocycles. The van der Waals surface area contributed by atoms with Crippen LogP contribution in [-0.4, -0.2) is 77.6 Å². The zero-order valence-electron chi connectivity index (χ0n) is 23.5. The maximum absolute atomic E-state index is 13.1. The first-order chi connectivity index (χ1) is 21.9. The predicted octanol–water partition coefficient (Wildman–Crippen LogP) is 2.32. The van der Waals surface area contributed by atoms with Crippen molar-refractivity contribution in [1.82, 2.24) is 0 Å². The Kier molecular flexibility index (Phi) is 10.7. The first-order valence-corrected chi connectivity index (χ1v) is 13.0. The van der Waals surface area contributed by atoms with Crippen molar-refractivity contribution in [2.24, 2.45) is 0 Å². The number of rotatable bonds is 11. The number of ether oxygens (including phenoxy) is 5. The van der Waals surface area contributed by atoms with Crippen LogP contribution in [0.2, 0.25) is 0 Å². The average molecular weight is 643 g/mol. The van der Waals surface area contributed by atoms with E-state index in [9.17, 15) is 34.8 Å². The van der Waals surface area contributed by atoms with E-state index in [0.717, 1.165) is 67.8 Å². The summed E-state index contributed by atoms with van der Waals surface area (Å²) in [5, 5.41) is 59.1. The van der Waals surface area contributed by atoms with Crippen LogP contribution in [-0.2, 0) is 28.5 Å². The van der Waals surface area contributed by atoms with Crippen LogP contribution in [0.3, 0.4) is 0 Å². The van der Waals surface area contributed by atoms with Gasteiger partial charge in [-0.3, -0.25) is 15.6 Å². The van der Waals surface area contributed by atoms with E-state index in [0.29, 0.717) is 0 Å². The fourth-order valence-corrected chi connectivity index (χ4v) is 4.23. The number of hydrogen-bond donors (Lipinski definition) is 3. The molecule has 1 saturated heterocycles. The van der Waals surface area contributed by atoms with E-state index in [-0.39, 0.29) is 33.8 Å². The molecule has 4 atom stereocenters. The van der Waals surface area contributed by atoms with E-state index in [1.807, 2.05) is 0 Å². The summed E-state index contributed by atoms with van der Waals surface area (Å²) in [5.74, 6) is -4.29. The van der Waals surface area contributed by atoms with Crippen LogP contribution in [0.1, 0.15) is 31.1 Å². The van der Waals surface area contributed by atoms with E-state index in [4.69, 9.17) is 39.3 Å². The standard InChI is InChI=1S/C28H24N3O15/c1-42-28(35)24(46-27(34)17-6-12-20(13-7-17)31(40)41)23-22(45-26(33)16-4-10-19(11-5-16)30(38)39)21(14-43-23)44-25(32)15-2-8-18(9-3-15)29(36)37/h2-13,21-24,36,38,40H,14H2,1H3/q-3/t21-,22-,23+,24+/m0/s1. The number of methoxy groups -OCH3 is 1. The van der Waals surface area contributed by atoms with E-state index in [2.05, 4.69) is 0 Å². The lowest BCUT2D eigenvalue weighted by atomic mass is 10.0. The molecule has 1 aliphatic rings. The van der Waals surface area contributed by atoms with E-state index in [1.54, 1.807) is 0 Å². The molecule has 0 saturated carbocycles. The summed E-state index contributed by atoms with van der Waals surface area (Å²) >= 11 is 0. The summed E-state index contributed by atoms with van der Waals surface area (Å²) in [4.78, 5) is 51.8. The first-order valence-electron chi connectivity index (χ1n) is 13.0. The predicted molar refractivity (Wildman–Crippen MR) is 152 cm³/mol. The van der Waals surface area contributed by atoms with Crippen LogP contribution in [0.25, 0.3) is 0 Å². The minimum absolute atomic E-state index is 0.0835. The molecule has 0 aliphatic carbocycles. The average Bonchev–Trinajstić information content (AvgIpc) is 3.43. The summed E-state index contributed by atoms with van der Waals surface area (Å²) in [5.41, 5.74) is -0.966. The van der Waals surface area contributed by atoms with Crippen molar-refractivity contribution in [2.75, 3.05) is 29.4 Å². The van der Waals surface area contributed by atoms with Crippen molar-refractivity contribution in [3.8, 4) is 0 Å². The molecular weight excluding hydrogens is 618 g/mol. The second kappa shape index (κ2) is 14.6. The molecule has 3 N–H and O–H groups in total. The lowest BCUT2D eigenvalue weighted by molar-refractivity contribution is -0.161. The molecule has 3 aromatic carbocycles. The van der Waals surface area contributed by atoms with Crippen molar-refractivity contribution < 1.29 is 58.5 Å². The number of carbonyl (C=O) groups is 4. The Bertz CT molecular complexity index is 1530. The zero-order valence-corrected chi connectivity index (χ0v) is 23.5. The van der Waals surface area contributed by atoms with Crippen LogP contribution in [0, 0.1) is 15.6 Å². The van der Waals surface area contributed by atoms with Crippen LogP contribution in [0.15, 0.2) is 72.8 Å². The Morgan fingerprint density at radius 2 is 1.09 bits per heavy atom. The number of esters is 4. The third-order valence-corrected chi connectivity index (χ3v) is 6.58. The molecule has 0 spiro atoms. The topological polar surface area (TPSA) is 254 Å². The smallest absolute Gasteiger partial charge is 0.350 e. The zero-order chi connectivity index (χ0) is 33.5. The van der Waals surface area contributed by atoms with Crippen molar-refractivity contribution in [3.63, 3.8) is 0 Å². The molecule has 3 aromatic rings. The van der Waals surface area contributed by atoms with Gasteiger partial charge in [0, 0.05) is 0 Å². The van der Waals surface area contributed by atoms with Gasteiger partial charge in [0.1, 0.15) is 6.10 Å². The number of hydrogen-bond acceptors (Lipinski definition) is 18. The van der Waals surface area contributed by atoms with Crippen molar-refractivity contribution >= 4 is 40.9 Å². The first kappa shape index (κ1) is 33.6. The van der Waals surface area contributed by atoms with Gasteiger partial charge in [-0.05, 0) is 72.8 Å². The van der Waals surface area contributed by atoms with E-state index >= 15 is 0 Å². The summed E-state index contributed by atoms with van der Waals surface area (Å²) in [6.45, 7) is -0.471. The van der Waals surface area contributed by atoms with Gasteiger partial charge < -0.3 is 55.0 Å². The van der Waals surface area contributed by atoms with Crippen LogP contribution in [0.4, 0.5) is 17.1 Å². The van der Waals surface area contributed by atoms with Gasteiger partial charge in [-0.15, -0.1) is 0 Å². The van der Waals surface area contributed by atoms with E-state index < -0.39 is 70.6 Å². The van der Waals surface area contributed by atoms with Crippen LogP contribution in [0.5, 0.6) is 0 Å². The Morgan fingerprint density at radius 1 is 0.696 bits per heavy atom. The van der Waals surface area contributed by atoms with Gasteiger partial charge >= 0.3 is 23.9 Å². The Labute approximate surface area is 258 Å². The molecule has 18 nitrogen and oxygen atoms in total. The summed E-state index contributed by atoms with van der Waals surface area (Å²) in [6.07, 6.45) is -6.51. The number of anilines is 3. The third kappa shape index (κ3) is 7.83. The lowest BCUT2D eigenvalue weighted by Crippen LogP contribution is -2.48. The highest BCUT2D eigenvalue weighted by Gasteiger charge is 2.51. The minimum atomic E-state index is -1.90. The monoisotopic (exact) mass is 642 g/mol. The fourth-order valence-electron chi connectivity index (χ4n) is 4.23. The third-order valence-electron chi connectivity index (χ3n) is 6.58. The molecule has 0 amide bonds. The van der Waals surface area contributed by atoms with Gasteiger partial charge in [-0.1, -0.05) is 0 Å². The molecule has 0 bridgehead atoms. The maximum atomic E-state index is 13.1. The van der Waals surface area contributed by atoms with Crippen molar-refractivity contribution in [3.05, 3.63) is 105 Å². The maximum Gasteiger partial charge on any atom is 0.350 e. The van der Waals surface area contributed by atoms with Gasteiger partial charge in [0.25, 0.3) is 0 Å². The highest BCUT2D eigenvalue weighted by atomic mass is 16.8. The minimum Gasteiger partial charge on any atom is -0.733 e. The summed E-state index contributed by atoms with van der Waals surface area (Å²) in [7, 11) is 0.983. The van der Waals surface area contributed by atoms with Gasteiger partial charge in [0.2, 0.25) is 6.10 Å². The van der Waals surface area contributed by atoms with Gasteiger partial charge in [-0.2, -0.15) is 0 Å². The number of benzene rings is 3. The SMILES string of the molecule is COC(=O)[C@H](OC(=O)c1ccc(N([O-])O)cc1)[C@@H]1OC[C@H](OC(=O)c2ccc(N([O-])O)cc2)[C@@H]1OC(=O)c1ccc(N([O-])O)cc1. The molecule has 1 fully saturated rings. The highest BCUT2D eigenvalue weighted by Crippen LogP contribution is 2.29. The second-order valence-corrected chi connectivity index (χ2v) is 9.42. The van der Waals surface area contributed by atoms with Gasteiger partial charge in [-0.25, -0.2) is 19.2 Å². The van der Waals surface area contributed by atoms with Crippen LogP contribution < -0.4 is 15.7 Å². The quantitative estimate of drug-likeness (QED) is 0.154. The summed E-state index contributed by atoms with van der Waals surface area (Å²) < 4.78 is 26.8. The fraction of sp³-hybridized carbons (Fsp3) is 0.214. The second-order valence-electron chi connectivity index (χ2n) is 9.42. The molecule has 46 heavy (non-hydrogen) atoms. The van der Waals surface area contributed by atoms with Gasteiger partial charge in [0.15, 0.2) is 12.2 Å². The lowest BCUT2D eigenvalue weighted by Gasteiger charge is -2.27. The molecule has 4 rings (SSSR count). The Balaban J connectivity index is 1.61. The van der Waals surface area contributed by atoms with E-state index in [1.165, 1.54) is 12.1 Å². The molecule has 0 aromatic heterocycles. The van der Waals surface area contributed by atoms with Crippen molar-refractivity contribution in [1.29, 1.82) is 0 Å². The van der Waals surface area contributed by atoms with Gasteiger partial charge in [0.05, 0.1) is 47.5 Å². The Hall–Kier alpha value is -5.34. The van der Waals surface area contributed by atoms with Crippen LogP contribution >= 0.6 is 0 Å². The van der Waals surface area contributed by atoms with Crippen molar-refractivity contribution in [2.45, 2.75) is 24.4 Å². The number of nitrogens with zero attached hydrogens (tertiary/aromatic N) is 3. The largest absolute Gasteiger partial charge is 0.733 e. The molecule has 1 aliphatic heterocycles.